The molecule has 8 nitrogen and oxygen atoms in total. The number of nitrogens with zero attached hydrogens (tertiary/aromatic N) is 3. The van der Waals surface area contributed by atoms with Gasteiger partial charge in [0.15, 0.2) is 11.5 Å². The number of ether oxygens (including phenoxy) is 2. The Kier molecular flexibility index (Phi) is 5.60. The number of non-ortho nitro benzene ring substituents is 1. The molecule has 1 heterocycles. The summed E-state index contributed by atoms with van der Waals surface area (Å²) in [6.45, 7) is 1.99. The van der Waals surface area contributed by atoms with Gasteiger partial charge in [0.1, 0.15) is 0 Å². The van der Waals surface area contributed by atoms with Crippen molar-refractivity contribution in [3.63, 3.8) is 0 Å². The van der Waals surface area contributed by atoms with Crippen molar-refractivity contribution in [2.24, 2.45) is 0 Å². The van der Waals surface area contributed by atoms with E-state index in [9.17, 15) is 10.1 Å². The van der Waals surface area contributed by atoms with E-state index in [1.54, 1.807) is 26.4 Å². The van der Waals surface area contributed by atoms with E-state index in [2.05, 4.69) is 10.2 Å². The Bertz CT molecular complexity index is 973. The average Bonchev–Trinajstić information content (AvgIpc) is 3.16. The second kappa shape index (κ2) is 8.09. The molecule has 27 heavy (non-hydrogen) atoms. The summed E-state index contributed by atoms with van der Waals surface area (Å²) in [6.07, 6.45) is 0. The van der Waals surface area contributed by atoms with Crippen LogP contribution in [-0.2, 0) is 5.75 Å². The first-order valence-electron chi connectivity index (χ1n) is 7.94. The smallest absolute Gasteiger partial charge is 0.277 e. The van der Waals surface area contributed by atoms with E-state index in [4.69, 9.17) is 13.9 Å². The second-order valence-electron chi connectivity index (χ2n) is 5.60. The molecule has 2 aromatic carbocycles. The Hall–Kier alpha value is -3.07. The minimum absolute atomic E-state index is 0.0270. The first-order valence-corrected chi connectivity index (χ1v) is 8.93. The van der Waals surface area contributed by atoms with E-state index in [1.165, 1.54) is 23.9 Å². The number of benzene rings is 2. The van der Waals surface area contributed by atoms with Crippen LogP contribution in [0, 0.1) is 17.0 Å². The van der Waals surface area contributed by atoms with Gasteiger partial charge in [0, 0.05) is 23.4 Å². The highest BCUT2D eigenvalue weighted by atomic mass is 32.2. The Morgan fingerprint density at radius 2 is 1.89 bits per heavy atom. The van der Waals surface area contributed by atoms with Gasteiger partial charge in [-0.1, -0.05) is 17.8 Å². The quantitative estimate of drug-likeness (QED) is 0.337. The average molecular weight is 387 g/mol. The lowest BCUT2D eigenvalue weighted by Crippen LogP contribution is -1.95. The molecule has 0 saturated carbocycles. The van der Waals surface area contributed by atoms with E-state index in [0.29, 0.717) is 28.0 Å². The minimum atomic E-state index is -0.463. The van der Waals surface area contributed by atoms with E-state index < -0.39 is 4.92 Å². The van der Waals surface area contributed by atoms with Gasteiger partial charge in [-0.05, 0) is 36.2 Å². The number of hydrogen-bond donors (Lipinski definition) is 0. The molecule has 9 heteroatoms. The molecule has 0 aliphatic heterocycles. The highest BCUT2D eigenvalue weighted by Gasteiger charge is 2.14. The number of aromatic nitrogens is 2. The van der Waals surface area contributed by atoms with Crippen molar-refractivity contribution in [3.8, 4) is 23.0 Å². The molecule has 0 saturated heterocycles. The Labute approximate surface area is 159 Å². The van der Waals surface area contributed by atoms with Crippen LogP contribution in [0.1, 0.15) is 11.1 Å². The third-order valence-corrected chi connectivity index (χ3v) is 4.77. The van der Waals surface area contributed by atoms with Gasteiger partial charge >= 0.3 is 0 Å². The number of methoxy groups -OCH3 is 2. The Morgan fingerprint density at radius 3 is 2.59 bits per heavy atom. The molecule has 3 aromatic rings. The molecule has 0 N–H and O–H groups in total. The summed E-state index contributed by atoms with van der Waals surface area (Å²) in [6, 6.07) is 9.91. The number of nitro benzene ring substituents is 1. The van der Waals surface area contributed by atoms with Crippen LogP contribution in [0.15, 0.2) is 46.0 Å². The van der Waals surface area contributed by atoms with Crippen molar-refractivity contribution in [2.75, 3.05) is 14.2 Å². The SMILES string of the molecule is COc1cc(C)c(CSc2nnc(-c3cccc([N+](=O)[O-])c3)o2)cc1OC. The lowest BCUT2D eigenvalue weighted by molar-refractivity contribution is -0.384. The van der Waals surface area contributed by atoms with Crippen LogP contribution in [0.3, 0.4) is 0 Å². The lowest BCUT2D eigenvalue weighted by Gasteiger charge is -2.11. The number of hydrogen-bond acceptors (Lipinski definition) is 8. The predicted octanol–water partition coefficient (Wildman–Crippen LogP) is 4.26. The maximum absolute atomic E-state index is 10.9. The zero-order chi connectivity index (χ0) is 19.4. The van der Waals surface area contributed by atoms with E-state index in [-0.39, 0.29) is 11.6 Å². The molecule has 0 aliphatic carbocycles. The fourth-order valence-electron chi connectivity index (χ4n) is 2.45. The normalized spacial score (nSPS) is 10.6. The van der Waals surface area contributed by atoms with Gasteiger partial charge in [0.05, 0.1) is 19.1 Å². The summed E-state index contributed by atoms with van der Waals surface area (Å²) in [5.41, 5.74) is 2.58. The molecule has 0 spiro atoms. The minimum Gasteiger partial charge on any atom is -0.493 e. The van der Waals surface area contributed by atoms with Gasteiger partial charge in [0.2, 0.25) is 5.89 Å². The lowest BCUT2D eigenvalue weighted by atomic mass is 10.1. The zero-order valence-electron chi connectivity index (χ0n) is 15.0. The van der Waals surface area contributed by atoms with Crippen LogP contribution in [0.25, 0.3) is 11.5 Å². The number of rotatable bonds is 7. The maximum atomic E-state index is 10.9. The maximum Gasteiger partial charge on any atom is 0.277 e. The van der Waals surface area contributed by atoms with Crippen molar-refractivity contribution in [2.45, 2.75) is 17.9 Å². The van der Waals surface area contributed by atoms with Gasteiger partial charge in [-0.15, -0.1) is 10.2 Å². The van der Waals surface area contributed by atoms with Gasteiger partial charge in [-0.3, -0.25) is 10.1 Å². The fraction of sp³-hybridized carbons (Fsp3) is 0.222. The monoisotopic (exact) mass is 387 g/mol. The fourth-order valence-corrected chi connectivity index (χ4v) is 3.28. The molecule has 0 radical (unpaired) electrons. The summed E-state index contributed by atoms with van der Waals surface area (Å²) in [4.78, 5) is 10.4. The van der Waals surface area contributed by atoms with E-state index >= 15 is 0 Å². The third-order valence-electron chi connectivity index (χ3n) is 3.90. The van der Waals surface area contributed by atoms with Gasteiger partial charge in [-0.25, -0.2) is 0 Å². The molecule has 0 fully saturated rings. The first kappa shape index (κ1) is 18.7. The van der Waals surface area contributed by atoms with Crippen LogP contribution in [-0.4, -0.2) is 29.3 Å². The highest BCUT2D eigenvalue weighted by Crippen LogP contribution is 2.34. The largest absolute Gasteiger partial charge is 0.493 e. The summed E-state index contributed by atoms with van der Waals surface area (Å²) >= 11 is 1.38. The summed E-state index contributed by atoms with van der Waals surface area (Å²) in [5, 5.41) is 19.3. The van der Waals surface area contributed by atoms with Crippen molar-refractivity contribution in [1.29, 1.82) is 0 Å². The molecular weight excluding hydrogens is 370 g/mol. The first-order chi connectivity index (χ1) is 13.0. The summed E-state index contributed by atoms with van der Waals surface area (Å²) < 4.78 is 16.3. The highest BCUT2D eigenvalue weighted by molar-refractivity contribution is 7.98. The molecule has 0 amide bonds. The van der Waals surface area contributed by atoms with Crippen LogP contribution in [0.2, 0.25) is 0 Å². The molecule has 3 rings (SSSR count). The van der Waals surface area contributed by atoms with Crippen molar-refractivity contribution >= 4 is 17.4 Å². The molecular formula is C18H17N3O5S. The Balaban J connectivity index is 1.75. The third kappa shape index (κ3) is 4.20. The molecule has 0 bridgehead atoms. The number of nitro groups is 1. The van der Waals surface area contributed by atoms with Crippen LogP contribution in [0.4, 0.5) is 5.69 Å². The Morgan fingerprint density at radius 1 is 1.15 bits per heavy atom. The van der Waals surface area contributed by atoms with Crippen LogP contribution < -0.4 is 9.47 Å². The van der Waals surface area contributed by atoms with Crippen molar-refractivity contribution < 1.29 is 18.8 Å². The van der Waals surface area contributed by atoms with Gasteiger partial charge < -0.3 is 13.9 Å². The van der Waals surface area contributed by atoms with E-state index in [0.717, 1.165) is 11.1 Å². The topological polar surface area (TPSA) is 101 Å². The zero-order valence-corrected chi connectivity index (χ0v) is 15.8. The standard InChI is InChI=1S/C18H17N3O5S/c1-11-7-15(24-2)16(25-3)9-13(11)10-27-18-20-19-17(26-18)12-5-4-6-14(8-12)21(22)23/h4-9H,10H2,1-3H3. The van der Waals surface area contributed by atoms with Gasteiger partial charge in [-0.2, -0.15) is 0 Å². The van der Waals surface area contributed by atoms with Crippen LogP contribution >= 0.6 is 11.8 Å². The molecule has 0 unspecified atom stereocenters. The summed E-state index contributed by atoms with van der Waals surface area (Å²) in [5.74, 6) is 2.17. The molecule has 0 atom stereocenters. The second-order valence-corrected chi connectivity index (χ2v) is 6.53. The van der Waals surface area contributed by atoms with Crippen LogP contribution in [0.5, 0.6) is 11.5 Å². The van der Waals surface area contributed by atoms with Crippen molar-refractivity contribution in [3.05, 3.63) is 57.6 Å². The van der Waals surface area contributed by atoms with E-state index in [1.807, 2.05) is 19.1 Å². The summed E-state index contributed by atoms with van der Waals surface area (Å²) in [7, 11) is 3.19. The number of aryl methyl sites for hydroxylation is 1. The van der Waals surface area contributed by atoms with Crippen molar-refractivity contribution in [1.82, 2.24) is 10.2 Å². The van der Waals surface area contributed by atoms with Gasteiger partial charge in [0.25, 0.3) is 10.9 Å². The molecule has 0 aliphatic rings. The predicted molar refractivity (Wildman–Crippen MR) is 100 cm³/mol. The molecule has 140 valence electrons. The number of thioether (sulfide) groups is 1. The molecule has 1 aromatic heterocycles.